The zero-order valence-electron chi connectivity index (χ0n) is 11.4. The molecule has 1 aliphatic rings. The fourth-order valence-electron chi connectivity index (χ4n) is 2.26. The second kappa shape index (κ2) is 6.36. The molecule has 1 rings (SSSR count). The maximum absolute atomic E-state index is 11.4. The first kappa shape index (κ1) is 14.5. The third-order valence-electron chi connectivity index (χ3n) is 3.68. The van der Waals surface area contributed by atoms with Gasteiger partial charge in [0.25, 0.3) is 0 Å². The number of esters is 1. The number of rotatable bonds is 7. The van der Waals surface area contributed by atoms with Gasteiger partial charge in [0, 0.05) is 6.54 Å². The van der Waals surface area contributed by atoms with Gasteiger partial charge in [0.1, 0.15) is 5.54 Å². The highest BCUT2D eigenvalue weighted by molar-refractivity contribution is 5.79. The van der Waals surface area contributed by atoms with Crippen molar-refractivity contribution in [3.63, 3.8) is 0 Å². The largest absolute Gasteiger partial charge is 0.468 e. The average molecular weight is 242 g/mol. The minimum atomic E-state index is -0.841. The highest BCUT2D eigenvalue weighted by Crippen LogP contribution is 2.26. The van der Waals surface area contributed by atoms with Crippen LogP contribution in [0.1, 0.15) is 39.0 Å². The fourth-order valence-corrected chi connectivity index (χ4v) is 2.26. The summed E-state index contributed by atoms with van der Waals surface area (Å²) in [6, 6.07) is 0. The average Bonchev–Trinajstić information content (AvgIpc) is 2.22. The van der Waals surface area contributed by atoms with Gasteiger partial charge < -0.3 is 15.4 Å². The molecular formula is C13H26N2O2. The topological polar surface area (TPSA) is 55.6 Å². The minimum absolute atomic E-state index is 0.320. The predicted molar refractivity (Wildman–Crippen MR) is 68.7 cm³/mol. The van der Waals surface area contributed by atoms with Crippen LogP contribution in [0.15, 0.2) is 0 Å². The molecule has 1 saturated carbocycles. The van der Waals surface area contributed by atoms with Gasteiger partial charge in [0.05, 0.1) is 7.11 Å². The van der Waals surface area contributed by atoms with Crippen LogP contribution in [0.4, 0.5) is 0 Å². The summed E-state index contributed by atoms with van der Waals surface area (Å²) >= 11 is 0. The number of ether oxygens (including phenoxy) is 1. The summed E-state index contributed by atoms with van der Waals surface area (Å²) in [6.45, 7) is 3.92. The van der Waals surface area contributed by atoms with Crippen LogP contribution in [0.5, 0.6) is 0 Å². The minimum Gasteiger partial charge on any atom is -0.468 e. The van der Waals surface area contributed by atoms with Crippen molar-refractivity contribution in [2.75, 3.05) is 27.2 Å². The molecule has 0 aromatic heterocycles. The van der Waals surface area contributed by atoms with E-state index in [1.54, 1.807) is 6.92 Å². The first-order valence-electron chi connectivity index (χ1n) is 6.51. The predicted octanol–water partition coefficient (Wildman–Crippen LogP) is 1.39. The van der Waals surface area contributed by atoms with Crippen molar-refractivity contribution in [3.05, 3.63) is 0 Å². The maximum Gasteiger partial charge on any atom is 0.325 e. The summed E-state index contributed by atoms with van der Waals surface area (Å²) in [5.41, 5.74) is 5.06. The zero-order chi connectivity index (χ0) is 12.9. The SMILES string of the molecule is COC(=O)C(C)(N)CCCN(C)CC1CCC1. The molecule has 0 heterocycles. The molecule has 1 unspecified atom stereocenters. The molecule has 0 aromatic carbocycles. The van der Waals surface area contributed by atoms with E-state index in [1.165, 1.54) is 32.9 Å². The Hall–Kier alpha value is -0.610. The molecule has 2 N–H and O–H groups in total. The van der Waals surface area contributed by atoms with Crippen molar-refractivity contribution < 1.29 is 9.53 Å². The zero-order valence-corrected chi connectivity index (χ0v) is 11.4. The van der Waals surface area contributed by atoms with Crippen LogP contribution in [0.25, 0.3) is 0 Å². The number of nitrogens with two attached hydrogens (primary N) is 1. The summed E-state index contributed by atoms with van der Waals surface area (Å²) in [5.74, 6) is 0.573. The molecule has 0 spiro atoms. The van der Waals surface area contributed by atoms with Gasteiger partial charge in [0.15, 0.2) is 0 Å². The Labute approximate surface area is 104 Å². The van der Waals surface area contributed by atoms with Crippen molar-refractivity contribution >= 4 is 5.97 Å². The molecule has 0 aliphatic heterocycles. The molecule has 1 atom stereocenters. The van der Waals surface area contributed by atoms with E-state index >= 15 is 0 Å². The van der Waals surface area contributed by atoms with Gasteiger partial charge in [-0.25, -0.2) is 0 Å². The lowest BCUT2D eigenvalue weighted by Crippen LogP contribution is -2.46. The fraction of sp³-hybridized carbons (Fsp3) is 0.923. The van der Waals surface area contributed by atoms with Crippen LogP contribution in [0.3, 0.4) is 0 Å². The van der Waals surface area contributed by atoms with Crippen molar-refractivity contribution in [2.45, 2.75) is 44.6 Å². The van der Waals surface area contributed by atoms with Gasteiger partial charge >= 0.3 is 5.97 Å². The number of hydrogen-bond donors (Lipinski definition) is 1. The van der Waals surface area contributed by atoms with Crippen LogP contribution < -0.4 is 5.73 Å². The standard InChI is InChI=1S/C13H26N2O2/c1-13(14,12(16)17-3)8-5-9-15(2)10-11-6-4-7-11/h11H,4-10,14H2,1-3H3. The Balaban J connectivity index is 2.15. The summed E-state index contributed by atoms with van der Waals surface area (Å²) in [7, 11) is 3.53. The Morgan fingerprint density at radius 1 is 1.53 bits per heavy atom. The van der Waals surface area contributed by atoms with Crippen molar-refractivity contribution in [3.8, 4) is 0 Å². The summed E-state index contributed by atoms with van der Waals surface area (Å²) in [5, 5.41) is 0. The molecule has 0 aromatic rings. The number of carbonyl (C=O) groups is 1. The second-order valence-electron chi connectivity index (χ2n) is 5.57. The van der Waals surface area contributed by atoms with E-state index < -0.39 is 5.54 Å². The van der Waals surface area contributed by atoms with E-state index in [4.69, 9.17) is 5.73 Å². The molecule has 1 aliphatic carbocycles. The summed E-state index contributed by atoms with van der Waals surface area (Å²) < 4.78 is 4.69. The Kier molecular flexibility index (Phi) is 5.40. The molecular weight excluding hydrogens is 216 g/mol. The van der Waals surface area contributed by atoms with Crippen molar-refractivity contribution in [2.24, 2.45) is 11.7 Å². The number of methoxy groups -OCH3 is 1. The van der Waals surface area contributed by atoms with E-state index in [2.05, 4.69) is 16.7 Å². The first-order valence-corrected chi connectivity index (χ1v) is 6.51. The van der Waals surface area contributed by atoms with Crippen LogP contribution >= 0.6 is 0 Å². The third-order valence-corrected chi connectivity index (χ3v) is 3.68. The van der Waals surface area contributed by atoms with Gasteiger partial charge in [-0.05, 0) is 52.1 Å². The molecule has 4 heteroatoms. The molecule has 4 nitrogen and oxygen atoms in total. The third kappa shape index (κ3) is 4.64. The quantitative estimate of drug-likeness (QED) is 0.685. The lowest BCUT2D eigenvalue weighted by Gasteiger charge is -2.30. The highest BCUT2D eigenvalue weighted by atomic mass is 16.5. The summed E-state index contributed by atoms with van der Waals surface area (Å²) in [6.07, 6.45) is 5.75. The Bertz CT molecular complexity index is 250. The van der Waals surface area contributed by atoms with Crippen LogP contribution in [0, 0.1) is 5.92 Å². The van der Waals surface area contributed by atoms with Crippen molar-refractivity contribution in [1.29, 1.82) is 0 Å². The van der Waals surface area contributed by atoms with Crippen molar-refractivity contribution in [1.82, 2.24) is 4.90 Å². The first-order chi connectivity index (χ1) is 7.95. The smallest absolute Gasteiger partial charge is 0.325 e. The van der Waals surface area contributed by atoms with E-state index in [1.807, 2.05) is 0 Å². The lowest BCUT2D eigenvalue weighted by atomic mass is 9.85. The number of carbonyl (C=O) groups excluding carboxylic acids is 1. The van der Waals surface area contributed by atoms with E-state index in [-0.39, 0.29) is 5.97 Å². The van der Waals surface area contributed by atoms with Gasteiger partial charge in [-0.15, -0.1) is 0 Å². The van der Waals surface area contributed by atoms with Crippen LogP contribution in [0.2, 0.25) is 0 Å². The van der Waals surface area contributed by atoms with Gasteiger partial charge in [-0.3, -0.25) is 4.79 Å². The van der Waals surface area contributed by atoms with Gasteiger partial charge in [0.2, 0.25) is 0 Å². The Morgan fingerprint density at radius 3 is 2.65 bits per heavy atom. The molecule has 0 amide bonds. The molecule has 100 valence electrons. The molecule has 17 heavy (non-hydrogen) atoms. The maximum atomic E-state index is 11.4. The van der Waals surface area contributed by atoms with E-state index in [0.29, 0.717) is 6.42 Å². The van der Waals surface area contributed by atoms with Gasteiger partial charge in [-0.2, -0.15) is 0 Å². The second-order valence-corrected chi connectivity index (χ2v) is 5.57. The lowest BCUT2D eigenvalue weighted by molar-refractivity contribution is -0.146. The highest BCUT2D eigenvalue weighted by Gasteiger charge is 2.28. The molecule has 0 bridgehead atoms. The molecule has 1 fully saturated rings. The van der Waals surface area contributed by atoms with Gasteiger partial charge in [-0.1, -0.05) is 6.42 Å². The molecule has 0 saturated heterocycles. The number of hydrogen-bond acceptors (Lipinski definition) is 4. The molecule has 0 radical (unpaired) electrons. The van der Waals surface area contributed by atoms with Crippen LogP contribution in [-0.2, 0) is 9.53 Å². The van der Waals surface area contributed by atoms with Crippen LogP contribution in [-0.4, -0.2) is 43.7 Å². The monoisotopic (exact) mass is 242 g/mol. The van der Waals surface area contributed by atoms with E-state index in [9.17, 15) is 4.79 Å². The Morgan fingerprint density at radius 2 is 2.18 bits per heavy atom. The normalized spacial score (nSPS) is 19.8. The van der Waals surface area contributed by atoms with E-state index in [0.717, 1.165) is 18.9 Å². The summed E-state index contributed by atoms with van der Waals surface area (Å²) in [4.78, 5) is 13.7. The number of nitrogens with zero attached hydrogens (tertiary/aromatic N) is 1.